The average Bonchev–Trinajstić information content (AvgIpc) is 2.82. The highest BCUT2D eigenvalue weighted by Gasteiger charge is 2.42. The van der Waals surface area contributed by atoms with Crippen LogP contribution < -0.4 is 5.32 Å². The molecule has 1 saturated carbocycles. The van der Waals surface area contributed by atoms with Crippen molar-refractivity contribution in [3.63, 3.8) is 0 Å². The van der Waals surface area contributed by atoms with Gasteiger partial charge in [0.25, 0.3) is 0 Å². The average molecular weight is 328 g/mol. The van der Waals surface area contributed by atoms with E-state index < -0.39 is 0 Å². The lowest BCUT2D eigenvalue weighted by atomic mass is 9.75. The van der Waals surface area contributed by atoms with E-state index >= 15 is 0 Å². The zero-order valence-corrected chi connectivity index (χ0v) is 13.2. The van der Waals surface area contributed by atoms with E-state index in [1.165, 1.54) is 38.5 Å². The summed E-state index contributed by atoms with van der Waals surface area (Å²) in [5.74, 6) is 1.77. The van der Waals surface area contributed by atoms with Gasteiger partial charge in [0.1, 0.15) is 0 Å². The summed E-state index contributed by atoms with van der Waals surface area (Å²) in [5, 5.41) is 14.3. The maximum atomic E-state index is 10.6. The Bertz CT molecular complexity index is 333. The number of hydrogen-bond donors (Lipinski definition) is 2. The minimum Gasteiger partial charge on any atom is -0.393 e. The van der Waals surface area contributed by atoms with Gasteiger partial charge < -0.3 is 10.4 Å². The SMILES string of the molecule is OC(CC1C=CCCC1)C1CNC2CCC(Br)CC21. The van der Waals surface area contributed by atoms with Crippen LogP contribution in [0, 0.1) is 17.8 Å². The van der Waals surface area contributed by atoms with Gasteiger partial charge in [0.15, 0.2) is 0 Å². The zero-order valence-electron chi connectivity index (χ0n) is 11.6. The lowest BCUT2D eigenvalue weighted by Gasteiger charge is -2.34. The number of aliphatic hydroxyl groups is 1. The fraction of sp³-hybridized carbons (Fsp3) is 0.875. The zero-order chi connectivity index (χ0) is 13.2. The van der Waals surface area contributed by atoms with Crippen LogP contribution in [0.2, 0.25) is 0 Å². The van der Waals surface area contributed by atoms with E-state index in [2.05, 4.69) is 33.4 Å². The van der Waals surface area contributed by atoms with Crippen LogP contribution in [0.1, 0.15) is 44.9 Å². The number of fused-ring (bicyclic) bond motifs is 1. The molecule has 1 aliphatic heterocycles. The second-order valence-electron chi connectivity index (χ2n) is 6.67. The number of nitrogens with one attached hydrogen (secondary N) is 1. The molecule has 2 fully saturated rings. The molecule has 108 valence electrons. The number of allylic oxidation sites excluding steroid dienone is 2. The predicted octanol–water partition coefficient (Wildman–Crippen LogP) is 3.25. The fourth-order valence-corrected chi connectivity index (χ4v) is 5.00. The standard InChI is InChI=1S/C16H26BrNO/c17-12-6-7-15-13(9-12)14(10-18-15)16(19)8-11-4-2-1-3-5-11/h2,4,11-16,18-19H,1,3,5-10H2. The van der Waals surface area contributed by atoms with E-state index in [-0.39, 0.29) is 6.10 Å². The van der Waals surface area contributed by atoms with Gasteiger partial charge in [-0.15, -0.1) is 0 Å². The summed E-state index contributed by atoms with van der Waals surface area (Å²) in [6.07, 6.45) is 13.1. The monoisotopic (exact) mass is 327 g/mol. The number of rotatable bonds is 3. The Morgan fingerprint density at radius 2 is 2.21 bits per heavy atom. The number of aliphatic hydroxyl groups excluding tert-OH is 1. The smallest absolute Gasteiger partial charge is 0.0589 e. The van der Waals surface area contributed by atoms with Gasteiger partial charge in [-0.3, -0.25) is 0 Å². The van der Waals surface area contributed by atoms with Crippen molar-refractivity contribution in [3.05, 3.63) is 12.2 Å². The van der Waals surface area contributed by atoms with E-state index in [1.807, 2.05) is 0 Å². The van der Waals surface area contributed by atoms with E-state index in [1.54, 1.807) is 0 Å². The van der Waals surface area contributed by atoms with Crippen LogP contribution in [-0.4, -0.2) is 28.6 Å². The Morgan fingerprint density at radius 1 is 1.32 bits per heavy atom. The van der Waals surface area contributed by atoms with Gasteiger partial charge in [0, 0.05) is 23.3 Å². The summed E-state index contributed by atoms with van der Waals surface area (Å²) in [7, 11) is 0. The van der Waals surface area contributed by atoms with Crippen molar-refractivity contribution in [2.45, 2.75) is 61.9 Å². The van der Waals surface area contributed by atoms with Crippen LogP contribution in [-0.2, 0) is 0 Å². The lowest BCUT2D eigenvalue weighted by molar-refractivity contribution is 0.0635. The first-order valence-electron chi connectivity index (χ1n) is 7.96. The normalized spacial score (nSPS) is 44.0. The molecule has 3 rings (SSSR count). The van der Waals surface area contributed by atoms with Crippen LogP contribution in [0.5, 0.6) is 0 Å². The van der Waals surface area contributed by atoms with Gasteiger partial charge in [-0.25, -0.2) is 0 Å². The molecule has 6 atom stereocenters. The summed E-state index contributed by atoms with van der Waals surface area (Å²) in [6, 6.07) is 0.662. The number of alkyl halides is 1. The summed E-state index contributed by atoms with van der Waals surface area (Å²) < 4.78 is 0. The minimum atomic E-state index is -0.118. The third kappa shape index (κ3) is 3.25. The predicted molar refractivity (Wildman–Crippen MR) is 82.4 cm³/mol. The molecule has 2 nitrogen and oxygen atoms in total. The largest absolute Gasteiger partial charge is 0.393 e. The van der Waals surface area contributed by atoms with E-state index in [9.17, 15) is 5.11 Å². The number of halogens is 1. The van der Waals surface area contributed by atoms with Crippen molar-refractivity contribution in [3.8, 4) is 0 Å². The van der Waals surface area contributed by atoms with Crippen LogP contribution in [0.25, 0.3) is 0 Å². The molecule has 0 amide bonds. The van der Waals surface area contributed by atoms with Crippen molar-refractivity contribution < 1.29 is 5.11 Å². The van der Waals surface area contributed by atoms with Gasteiger partial charge >= 0.3 is 0 Å². The topological polar surface area (TPSA) is 32.3 Å². The highest BCUT2D eigenvalue weighted by Crippen LogP contribution is 2.40. The maximum Gasteiger partial charge on any atom is 0.0589 e. The molecule has 0 radical (unpaired) electrons. The van der Waals surface area contributed by atoms with E-state index in [0.717, 1.165) is 13.0 Å². The molecule has 0 bridgehead atoms. The first kappa shape index (κ1) is 14.1. The van der Waals surface area contributed by atoms with Gasteiger partial charge in [0.2, 0.25) is 0 Å². The minimum absolute atomic E-state index is 0.118. The molecular weight excluding hydrogens is 302 g/mol. The molecule has 3 heteroatoms. The molecule has 1 saturated heterocycles. The number of hydrogen-bond acceptors (Lipinski definition) is 2. The highest BCUT2D eigenvalue weighted by atomic mass is 79.9. The van der Waals surface area contributed by atoms with Gasteiger partial charge in [-0.05, 0) is 56.8 Å². The third-order valence-electron chi connectivity index (χ3n) is 5.39. The maximum absolute atomic E-state index is 10.6. The third-order valence-corrected chi connectivity index (χ3v) is 6.23. The van der Waals surface area contributed by atoms with Crippen molar-refractivity contribution >= 4 is 15.9 Å². The van der Waals surface area contributed by atoms with Crippen LogP contribution in [0.4, 0.5) is 0 Å². The summed E-state index contributed by atoms with van der Waals surface area (Å²) in [6.45, 7) is 1.02. The fourth-order valence-electron chi connectivity index (χ4n) is 4.30. The lowest BCUT2D eigenvalue weighted by Crippen LogP contribution is -2.36. The van der Waals surface area contributed by atoms with Crippen LogP contribution in [0.15, 0.2) is 12.2 Å². The Kier molecular flexibility index (Phi) is 4.66. The van der Waals surface area contributed by atoms with E-state index in [4.69, 9.17) is 0 Å². The highest BCUT2D eigenvalue weighted by molar-refractivity contribution is 9.09. The first-order valence-corrected chi connectivity index (χ1v) is 8.88. The summed E-state index contributed by atoms with van der Waals surface area (Å²) in [4.78, 5) is 0.665. The molecule has 2 aliphatic carbocycles. The second kappa shape index (κ2) is 6.28. The van der Waals surface area contributed by atoms with Crippen molar-refractivity contribution in [2.24, 2.45) is 17.8 Å². The molecule has 0 aromatic heterocycles. The molecule has 6 unspecified atom stereocenters. The van der Waals surface area contributed by atoms with Crippen LogP contribution in [0.3, 0.4) is 0 Å². The first-order chi connectivity index (χ1) is 9.24. The van der Waals surface area contributed by atoms with E-state index in [0.29, 0.717) is 28.6 Å². The Balaban J connectivity index is 1.58. The molecule has 3 aliphatic rings. The van der Waals surface area contributed by atoms with Crippen molar-refractivity contribution in [1.29, 1.82) is 0 Å². The van der Waals surface area contributed by atoms with Crippen molar-refractivity contribution in [1.82, 2.24) is 5.32 Å². The van der Waals surface area contributed by atoms with Gasteiger partial charge in [-0.2, -0.15) is 0 Å². The molecule has 0 aromatic rings. The Morgan fingerprint density at radius 3 is 3.00 bits per heavy atom. The molecule has 1 heterocycles. The quantitative estimate of drug-likeness (QED) is 0.616. The van der Waals surface area contributed by atoms with Gasteiger partial charge in [0.05, 0.1) is 6.10 Å². The van der Waals surface area contributed by atoms with Crippen LogP contribution >= 0.6 is 15.9 Å². The van der Waals surface area contributed by atoms with Gasteiger partial charge in [-0.1, -0.05) is 28.1 Å². The molecular formula is C16H26BrNO. The Labute approximate surface area is 125 Å². The molecule has 2 N–H and O–H groups in total. The summed E-state index contributed by atoms with van der Waals surface area (Å²) in [5.41, 5.74) is 0. The summed E-state index contributed by atoms with van der Waals surface area (Å²) >= 11 is 3.78. The van der Waals surface area contributed by atoms with Crippen molar-refractivity contribution in [2.75, 3.05) is 6.54 Å². The Hall–Kier alpha value is 0.140. The molecule has 0 spiro atoms. The second-order valence-corrected chi connectivity index (χ2v) is 7.97. The molecule has 0 aromatic carbocycles. The molecule has 19 heavy (non-hydrogen) atoms.